The van der Waals surface area contributed by atoms with Crippen molar-refractivity contribution in [2.75, 3.05) is 6.61 Å². The molecule has 1 heterocycles. The molecule has 0 aliphatic carbocycles. The van der Waals surface area contributed by atoms with Gasteiger partial charge in [-0.15, -0.1) is 0 Å². The van der Waals surface area contributed by atoms with Crippen LogP contribution in [0.15, 0.2) is 47.4 Å². The summed E-state index contributed by atoms with van der Waals surface area (Å²) in [5, 5.41) is 9.77. The third-order valence-electron chi connectivity index (χ3n) is 4.10. The van der Waals surface area contributed by atoms with Gasteiger partial charge in [-0.3, -0.25) is 9.59 Å². The summed E-state index contributed by atoms with van der Waals surface area (Å²) >= 11 is 0. The van der Waals surface area contributed by atoms with Gasteiger partial charge in [0.2, 0.25) is 0 Å². The lowest BCUT2D eigenvalue weighted by Gasteiger charge is -2.33. The molecule has 5 nitrogen and oxygen atoms in total. The van der Waals surface area contributed by atoms with Crippen molar-refractivity contribution in [1.82, 2.24) is 9.88 Å². The number of nitrogens with one attached hydrogen (secondary N) is 1. The number of aryl methyl sites for hydroxylation is 1. The van der Waals surface area contributed by atoms with Crippen LogP contribution in [0.4, 0.5) is 0 Å². The normalized spacial score (nSPS) is 12.2. The van der Waals surface area contributed by atoms with E-state index in [0.717, 1.165) is 5.56 Å². The number of H-pyrrole nitrogens is 1. The summed E-state index contributed by atoms with van der Waals surface area (Å²) in [5.41, 5.74) is 1.44. The number of aliphatic hydroxyl groups is 1. The number of pyridine rings is 1. The van der Waals surface area contributed by atoms with Crippen LogP contribution in [0.2, 0.25) is 0 Å². The first-order valence-electron chi connectivity index (χ1n) is 8.09. The molecule has 1 unspecified atom stereocenters. The molecule has 2 rings (SSSR count). The topological polar surface area (TPSA) is 73.4 Å². The number of hydrogen-bond acceptors (Lipinski definition) is 3. The van der Waals surface area contributed by atoms with Crippen molar-refractivity contribution in [3.8, 4) is 0 Å². The summed E-state index contributed by atoms with van der Waals surface area (Å²) in [4.78, 5) is 29.7. The van der Waals surface area contributed by atoms with Crippen LogP contribution < -0.4 is 5.43 Å². The van der Waals surface area contributed by atoms with Gasteiger partial charge >= 0.3 is 0 Å². The highest BCUT2D eigenvalue weighted by atomic mass is 16.3. The van der Waals surface area contributed by atoms with Crippen LogP contribution in [0.3, 0.4) is 0 Å². The highest BCUT2D eigenvalue weighted by Crippen LogP contribution is 2.17. The van der Waals surface area contributed by atoms with Gasteiger partial charge in [0.25, 0.3) is 5.91 Å². The number of carbonyl (C=O) groups is 1. The van der Waals surface area contributed by atoms with E-state index in [4.69, 9.17) is 0 Å². The van der Waals surface area contributed by atoms with Gasteiger partial charge in [0.05, 0.1) is 12.6 Å². The van der Waals surface area contributed by atoms with E-state index in [1.807, 2.05) is 44.2 Å². The second-order valence-electron chi connectivity index (χ2n) is 6.31. The first-order chi connectivity index (χ1) is 11.4. The van der Waals surface area contributed by atoms with E-state index >= 15 is 0 Å². The van der Waals surface area contributed by atoms with Crippen LogP contribution in [0.5, 0.6) is 0 Å². The Kier molecular flexibility index (Phi) is 5.93. The largest absolute Gasteiger partial charge is 0.394 e. The van der Waals surface area contributed by atoms with Crippen molar-refractivity contribution in [3.05, 3.63) is 69.6 Å². The molecule has 1 atom stereocenters. The molecule has 0 spiro atoms. The predicted octanol–water partition coefficient (Wildman–Crippen LogP) is 2.34. The van der Waals surface area contributed by atoms with E-state index in [-0.39, 0.29) is 35.5 Å². The second-order valence-corrected chi connectivity index (χ2v) is 6.31. The number of carbonyl (C=O) groups excluding carboxylic acids is 1. The minimum atomic E-state index is -0.368. The maximum absolute atomic E-state index is 13.0. The molecule has 0 aliphatic rings. The third kappa shape index (κ3) is 4.11. The molecule has 2 N–H and O–H groups in total. The molecule has 0 radical (unpaired) electrons. The Balaban J connectivity index is 2.40. The minimum Gasteiger partial charge on any atom is -0.394 e. The van der Waals surface area contributed by atoms with E-state index < -0.39 is 0 Å². The van der Waals surface area contributed by atoms with Gasteiger partial charge < -0.3 is 15.0 Å². The zero-order valence-electron chi connectivity index (χ0n) is 14.3. The van der Waals surface area contributed by atoms with Crippen molar-refractivity contribution in [1.29, 1.82) is 0 Å². The standard InChI is InChI=1S/C19H24N2O3/c1-13(2)17(12-22)21(11-15-7-5-4-6-8-15)19(24)16-10-20-14(3)9-18(16)23/h4-10,13,17,22H,11-12H2,1-3H3,(H,20,23). The average molecular weight is 328 g/mol. The highest BCUT2D eigenvalue weighted by Gasteiger charge is 2.28. The molecule has 0 bridgehead atoms. The van der Waals surface area contributed by atoms with Crippen molar-refractivity contribution in [3.63, 3.8) is 0 Å². The van der Waals surface area contributed by atoms with Crippen LogP contribution in [0.1, 0.15) is 35.5 Å². The van der Waals surface area contributed by atoms with Gasteiger partial charge in [-0.25, -0.2) is 0 Å². The number of aromatic amines is 1. The Labute approximate surface area is 142 Å². The molecule has 0 saturated heterocycles. The van der Waals surface area contributed by atoms with Gasteiger partial charge in [-0.1, -0.05) is 44.2 Å². The molecular formula is C19H24N2O3. The Morgan fingerprint density at radius 1 is 1.25 bits per heavy atom. The number of nitrogens with zero attached hydrogens (tertiary/aromatic N) is 1. The lowest BCUT2D eigenvalue weighted by molar-refractivity contribution is 0.0480. The number of rotatable bonds is 6. The average Bonchev–Trinajstić information content (AvgIpc) is 2.54. The summed E-state index contributed by atoms with van der Waals surface area (Å²) < 4.78 is 0. The number of benzene rings is 1. The summed E-state index contributed by atoms with van der Waals surface area (Å²) in [5.74, 6) is -0.306. The van der Waals surface area contributed by atoms with Crippen molar-refractivity contribution in [2.45, 2.75) is 33.4 Å². The molecule has 128 valence electrons. The van der Waals surface area contributed by atoms with Crippen LogP contribution in [-0.4, -0.2) is 33.5 Å². The Hall–Kier alpha value is -2.40. The lowest BCUT2D eigenvalue weighted by Crippen LogP contribution is -2.46. The molecule has 1 amide bonds. The summed E-state index contributed by atoms with van der Waals surface area (Å²) in [6.07, 6.45) is 1.45. The van der Waals surface area contributed by atoms with E-state index in [1.54, 1.807) is 11.8 Å². The molecule has 1 aromatic heterocycles. The van der Waals surface area contributed by atoms with Crippen LogP contribution in [-0.2, 0) is 6.54 Å². The molecule has 0 aliphatic heterocycles. The number of aromatic nitrogens is 1. The number of amides is 1. The third-order valence-corrected chi connectivity index (χ3v) is 4.10. The Morgan fingerprint density at radius 3 is 2.46 bits per heavy atom. The Morgan fingerprint density at radius 2 is 1.92 bits per heavy atom. The quantitative estimate of drug-likeness (QED) is 0.855. The van der Waals surface area contributed by atoms with Gasteiger partial charge in [0, 0.05) is 24.5 Å². The monoisotopic (exact) mass is 328 g/mol. The lowest BCUT2D eigenvalue weighted by atomic mass is 10.0. The van der Waals surface area contributed by atoms with Crippen molar-refractivity contribution < 1.29 is 9.90 Å². The minimum absolute atomic E-state index is 0.0622. The van der Waals surface area contributed by atoms with Gasteiger partial charge in [-0.2, -0.15) is 0 Å². The number of hydrogen-bond donors (Lipinski definition) is 2. The first kappa shape index (κ1) is 17.9. The molecule has 24 heavy (non-hydrogen) atoms. The van der Waals surface area contributed by atoms with Gasteiger partial charge in [-0.05, 0) is 18.4 Å². The smallest absolute Gasteiger partial charge is 0.259 e. The zero-order valence-corrected chi connectivity index (χ0v) is 14.3. The van der Waals surface area contributed by atoms with Crippen LogP contribution >= 0.6 is 0 Å². The van der Waals surface area contributed by atoms with Crippen LogP contribution in [0, 0.1) is 12.8 Å². The molecule has 5 heteroatoms. The Bertz CT molecular complexity index is 738. The first-order valence-corrected chi connectivity index (χ1v) is 8.09. The fourth-order valence-corrected chi connectivity index (χ4v) is 2.68. The number of aliphatic hydroxyl groups excluding tert-OH is 1. The van der Waals surface area contributed by atoms with E-state index in [0.29, 0.717) is 12.2 Å². The predicted molar refractivity (Wildman–Crippen MR) is 93.8 cm³/mol. The van der Waals surface area contributed by atoms with Crippen molar-refractivity contribution in [2.24, 2.45) is 5.92 Å². The summed E-state index contributed by atoms with van der Waals surface area (Å²) in [7, 11) is 0. The molecular weight excluding hydrogens is 304 g/mol. The fraction of sp³-hybridized carbons (Fsp3) is 0.368. The fourth-order valence-electron chi connectivity index (χ4n) is 2.68. The second kappa shape index (κ2) is 7.93. The molecule has 0 saturated carbocycles. The molecule has 1 aromatic carbocycles. The summed E-state index contributed by atoms with van der Waals surface area (Å²) in [6.45, 7) is 5.86. The van der Waals surface area contributed by atoms with E-state index in [1.165, 1.54) is 12.3 Å². The maximum Gasteiger partial charge on any atom is 0.259 e. The maximum atomic E-state index is 13.0. The van der Waals surface area contributed by atoms with E-state index in [2.05, 4.69) is 4.98 Å². The molecule has 0 fully saturated rings. The van der Waals surface area contributed by atoms with E-state index in [9.17, 15) is 14.7 Å². The molecule has 2 aromatic rings. The summed E-state index contributed by atoms with van der Waals surface area (Å²) in [6, 6.07) is 10.6. The van der Waals surface area contributed by atoms with Crippen molar-refractivity contribution >= 4 is 5.91 Å². The van der Waals surface area contributed by atoms with Crippen LogP contribution in [0.25, 0.3) is 0 Å². The SMILES string of the molecule is Cc1cc(=O)c(C(=O)N(Cc2ccccc2)C(CO)C(C)C)c[nH]1. The highest BCUT2D eigenvalue weighted by molar-refractivity contribution is 5.94. The van der Waals surface area contributed by atoms with Gasteiger partial charge in [0.1, 0.15) is 5.56 Å². The zero-order chi connectivity index (χ0) is 17.7. The van der Waals surface area contributed by atoms with Gasteiger partial charge in [0.15, 0.2) is 5.43 Å².